The number of nitrogens with zero attached hydrogens (tertiary/aromatic N) is 1. The fourth-order valence-corrected chi connectivity index (χ4v) is 1.10. The smallest absolute Gasteiger partial charge is 0.0705 e. The van der Waals surface area contributed by atoms with Crippen LogP contribution in [0.5, 0.6) is 0 Å². The lowest BCUT2D eigenvalue weighted by Gasteiger charge is -1.84. The lowest BCUT2D eigenvalue weighted by atomic mass is 10.2. The van der Waals surface area contributed by atoms with E-state index in [1.54, 1.807) is 0 Å². The van der Waals surface area contributed by atoms with Gasteiger partial charge in [-0.3, -0.25) is 4.99 Å². The van der Waals surface area contributed by atoms with Crippen molar-refractivity contribution in [3.05, 3.63) is 35.6 Å². The van der Waals surface area contributed by atoms with Gasteiger partial charge in [-0.15, -0.1) is 24.8 Å². The van der Waals surface area contributed by atoms with Gasteiger partial charge in [-0.05, 0) is 19.1 Å². The van der Waals surface area contributed by atoms with Crippen LogP contribution in [0.4, 0.5) is 0 Å². The van der Waals surface area contributed by atoms with E-state index < -0.39 is 0 Å². The molecule has 1 heterocycles. The Bertz CT molecular complexity index is 272. The van der Waals surface area contributed by atoms with Gasteiger partial charge in [0.1, 0.15) is 0 Å². The van der Waals surface area contributed by atoms with E-state index in [0.717, 1.165) is 11.4 Å². The third kappa shape index (κ3) is 1.73. The SMILES string of the molecule is CC1=NC2=CC=CC2=C1.Cl.Cl. The van der Waals surface area contributed by atoms with E-state index in [2.05, 4.69) is 17.1 Å². The van der Waals surface area contributed by atoms with Gasteiger partial charge < -0.3 is 0 Å². The number of hydrogen-bond donors (Lipinski definition) is 0. The normalized spacial score (nSPS) is 17.4. The zero-order valence-corrected chi connectivity index (χ0v) is 7.71. The summed E-state index contributed by atoms with van der Waals surface area (Å²) < 4.78 is 0. The molecule has 60 valence electrons. The molecule has 0 radical (unpaired) electrons. The average molecular weight is 190 g/mol. The minimum absolute atomic E-state index is 0. The zero-order chi connectivity index (χ0) is 6.27. The minimum Gasteiger partial charge on any atom is -0.253 e. The first-order chi connectivity index (χ1) is 4.36. The van der Waals surface area contributed by atoms with Gasteiger partial charge >= 0.3 is 0 Å². The summed E-state index contributed by atoms with van der Waals surface area (Å²) in [6.07, 6.45) is 8.23. The standard InChI is InChI=1S/C8H7N.2ClH/c1-6-5-7-3-2-4-8(7)9-6;;/h2-5H,1H3;2*1H. The molecule has 1 aliphatic carbocycles. The van der Waals surface area contributed by atoms with E-state index >= 15 is 0 Å². The number of halogens is 2. The highest BCUT2D eigenvalue weighted by molar-refractivity contribution is 5.99. The van der Waals surface area contributed by atoms with Crippen LogP contribution in [-0.2, 0) is 0 Å². The van der Waals surface area contributed by atoms with Crippen LogP contribution < -0.4 is 0 Å². The Morgan fingerprint density at radius 2 is 2.00 bits per heavy atom. The fraction of sp³-hybridized carbons (Fsp3) is 0.125. The summed E-state index contributed by atoms with van der Waals surface area (Å²) in [6.45, 7) is 2.01. The van der Waals surface area contributed by atoms with Crippen molar-refractivity contribution in [2.75, 3.05) is 0 Å². The van der Waals surface area contributed by atoms with Crippen molar-refractivity contribution >= 4 is 30.5 Å². The largest absolute Gasteiger partial charge is 0.253 e. The van der Waals surface area contributed by atoms with Crippen molar-refractivity contribution < 1.29 is 0 Å². The first-order valence-electron chi connectivity index (χ1n) is 3.02. The van der Waals surface area contributed by atoms with Crippen LogP contribution in [0, 0.1) is 0 Å². The third-order valence-electron chi connectivity index (χ3n) is 1.49. The van der Waals surface area contributed by atoms with E-state index in [1.165, 1.54) is 5.57 Å². The first kappa shape index (κ1) is 10.5. The number of fused-ring (bicyclic) bond motifs is 1. The van der Waals surface area contributed by atoms with Gasteiger partial charge in [-0.2, -0.15) is 0 Å². The second kappa shape index (κ2) is 3.74. The number of hydrogen-bond acceptors (Lipinski definition) is 1. The van der Waals surface area contributed by atoms with Gasteiger partial charge in [-0.1, -0.05) is 12.2 Å². The van der Waals surface area contributed by atoms with Crippen LogP contribution in [0.1, 0.15) is 6.92 Å². The molecule has 0 saturated heterocycles. The van der Waals surface area contributed by atoms with Crippen LogP contribution >= 0.6 is 24.8 Å². The Kier molecular flexibility index (Phi) is 3.56. The molecular weight excluding hydrogens is 181 g/mol. The highest BCUT2D eigenvalue weighted by atomic mass is 35.5. The van der Waals surface area contributed by atoms with E-state index in [9.17, 15) is 0 Å². The quantitative estimate of drug-likeness (QED) is 0.556. The highest BCUT2D eigenvalue weighted by Gasteiger charge is 2.10. The summed E-state index contributed by atoms with van der Waals surface area (Å²) in [7, 11) is 0. The maximum absolute atomic E-state index is 4.27. The molecule has 1 nitrogen and oxygen atoms in total. The fourth-order valence-electron chi connectivity index (χ4n) is 1.10. The van der Waals surface area contributed by atoms with Crippen molar-refractivity contribution in [3.63, 3.8) is 0 Å². The summed E-state index contributed by atoms with van der Waals surface area (Å²) in [5.74, 6) is 0. The Morgan fingerprint density at radius 3 is 2.64 bits per heavy atom. The van der Waals surface area contributed by atoms with Crippen LogP contribution in [-0.4, -0.2) is 5.71 Å². The van der Waals surface area contributed by atoms with E-state index in [-0.39, 0.29) is 24.8 Å². The van der Waals surface area contributed by atoms with E-state index in [0.29, 0.717) is 0 Å². The van der Waals surface area contributed by atoms with Crippen molar-refractivity contribution in [3.8, 4) is 0 Å². The predicted octanol–water partition coefficient (Wildman–Crippen LogP) is 2.68. The zero-order valence-electron chi connectivity index (χ0n) is 6.07. The molecule has 0 fully saturated rings. The molecule has 0 aromatic carbocycles. The molecule has 0 saturated carbocycles. The summed E-state index contributed by atoms with van der Waals surface area (Å²) in [5.41, 5.74) is 3.49. The molecule has 0 bridgehead atoms. The number of rotatable bonds is 0. The van der Waals surface area contributed by atoms with Crippen molar-refractivity contribution in [1.82, 2.24) is 0 Å². The molecule has 0 aromatic heterocycles. The predicted molar refractivity (Wildman–Crippen MR) is 52.9 cm³/mol. The highest BCUT2D eigenvalue weighted by Crippen LogP contribution is 2.24. The Balaban J connectivity index is 0.000000500. The van der Waals surface area contributed by atoms with Crippen molar-refractivity contribution in [2.45, 2.75) is 6.92 Å². The first-order valence-corrected chi connectivity index (χ1v) is 3.02. The maximum atomic E-state index is 4.27. The summed E-state index contributed by atoms with van der Waals surface area (Å²) >= 11 is 0. The minimum atomic E-state index is 0. The monoisotopic (exact) mass is 189 g/mol. The molecule has 0 atom stereocenters. The van der Waals surface area contributed by atoms with Gasteiger partial charge in [0.15, 0.2) is 0 Å². The van der Waals surface area contributed by atoms with E-state index in [4.69, 9.17) is 0 Å². The maximum Gasteiger partial charge on any atom is 0.0705 e. The Hall–Kier alpha value is -0.530. The van der Waals surface area contributed by atoms with Gasteiger partial charge in [0.05, 0.1) is 5.70 Å². The second-order valence-electron chi connectivity index (χ2n) is 2.26. The molecule has 1 aliphatic heterocycles. The summed E-state index contributed by atoms with van der Waals surface area (Å²) in [5, 5.41) is 0. The third-order valence-corrected chi connectivity index (χ3v) is 1.49. The Labute approximate surface area is 78.4 Å². The van der Waals surface area contributed by atoms with Gasteiger partial charge in [0.25, 0.3) is 0 Å². The molecule has 0 amide bonds. The van der Waals surface area contributed by atoms with Crippen LogP contribution in [0.3, 0.4) is 0 Å². The summed E-state index contributed by atoms with van der Waals surface area (Å²) in [4.78, 5) is 4.27. The van der Waals surface area contributed by atoms with Crippen LogP contribution in [0.25, 0.3) is 0 Å². The molecule has 0 N–H and O–H groups in total. The summed E-state index contributed by atoms with van der Waals surface area (Å²) in [6, 6.07) is 0. The molecule has 3 heteroatoms. The Morgan fingerprint density at radius 1 is 1.27 bits per heavy atom. The van der Waals surface area contributed by atoms with Crippen molar-refractivity contribution in [1.29, 1.82) is 0 Å². The lowest BCUT2D eigenvalue weighted by molar-refractivity contribution is 1.42. The molecule has 0 spiro atoms. The molecule has 0 aromatic rings. The number of aliphatic imine (C=N–C) groups is 1. The second-order valence-corrected chi connectivity index (χ2v) is 2.26. The number of allylic oxidation sites excluding steroid dienone is 4. The van der Waals surface area contributed by atoms with E-state index in [1.807, 2.05) is 19.1 Å². The molecule has 2 aliphatic rings. The topological polar surface area (TPSA) is 12.4 Å². The lowest BCUT2D eigenvalue weighted by Crippen LogP contribution is -1.74. The van der Waals surface area contributed by atoms with Crippen LogP contribution in [0.2, 0.25) is 0 Å². The molecular formula is C8H9Cl2N. The van der Waals surface area contributed by atoms with Gasteiger partial charge in [-0.25, -0.2) is 0 Å². The molecule has 11 heavy (non-hydrogen) atoms. The van der Waals surface area contributed by atoms with Crippen molar-refractivity contribution in [2.24, 2.45) is 4.99 Å². The average Bonchev–Trinajstić information content (AvgIpc) is 2.22. The molecule has 0 unspecified atom stereocenters. The molecule has 2 rings (SSSR count). The van der Waals surface area contributed by atoms with Gasteiger partial charge in [0, 0.05) is 11.3 Å². The van der Waals surface area contributed by atoms with Crippen LogP contribution in [0.15, 0.2) is 40.6 Å². The van der Waals surface area contributed by atoms with Gasteiger partial charge in [0.2, 0.25) is 0 Å².